The minimum atomic E-state index is -0.946. The van der Waals surface area contributed by atoms with Gasteiger partial charge in [-0.25, -0.2) is 13.6 Å². The minimum Gasteiger partial charge on any atom is -0.489 e. The van der Waals surface area contributed by atoms with E-state index in [0.717, 1.165) is 6.07 Å². The van der Waals surface area contributed by atoms with Crippen molar-refractivity contribution >= 4 is 6.09 Å². The molecule has 1 aromatic carbocycles. The third-order valence-electron chi connectivity index (χ3n) is 3.52. The number of nitrogens with zero attached hydrogens (tertiary/aromatic N) is 2. The zero-order chi connectivity index (χ0) is 17.9. The Balaban J connectivity index is 1.97. The van der Waals surface area contributed by atoms with Crippen molar-refractivity contribution in [1.29, 1.82) is 5.26 Å². The van der Waals surface area contributed by atoms with Gasteiger partial charge < -0.3 is 14.4 Å². The van der Waals surface area contributed by atoms with Crippen molar-refractivity contribution in [3.05, 3.63) is 29.3 Å². The molecule has 0 unspecified atom stereocenters. The predicted octanol–water partition coefficient (Wildman–Crippen LogP) is 3.61. The van der Waals surface area contributed by atoms with Gasteiger partial charge in [0.15, 0.2) is 0 Å². The first-order valence-corrected chi connectivity index (χ1v) is 7.73. The van der Waals surface area contributed by atoms with E-state index in [4.69, 9.17) is 14.7 Å². The minimum absolute atomic E-state index is 0.106. The number of likely N-dealkylation sites (tertiary alicyclic amines) is 1. The third-order valence-corrected chi connectivity index (χ3v) is 3.52. The Morgan fingerprint density at radius 1 is 1.29 bits per heavy atom. The number of hydrogen-bond donors (Lipinski definition) is 0. The lowest BCUT2D eigenvalue weighted by molar-refractivity contribution is 0.0126. The highest BCUT2D eigenvalue weighted by atomic mass is 19.1. The summed E-state index contributed by atoms with van der Waals surface area (Å²) in [5.74, 6) is -1.85. The zero-order valence-corrected chi connectivity index (χ0v) is 13.9. The maximum atomic E-state index is 13.6. The van der Waals surface area contributed by atoms with E-state index in [1.165, 1.54) is 0 Å². The second-order valence-corrected chi connectivity index (χ2v) is 6.66. The number of carbonyl (C=O) groups excluding carboxylic acids is 1. The van der Waals surface area contributed by atoms with Gasteiger partial charge in [-0.05, 0) is 20.8 Å². The lowest BCUT2D eigenvalue weighted by Crippen LogP contribution is -2.44. The number of rotatable bonds is 2. The third kappa shape index (κ3) is 4.57. The second kappa shape index (κ2) is 7.04. The van der Waals surface area contributed by atoms with Gasteiger partial charge in [-0.3, -0.25) is 0 Å². The largest absolute Gasteiger partial charge is 0.489 e. The van der Waals surface area contributed by atoms with E-state index in [1.807, 2.05) is 0 Å². The van der Waals surface area contributed by atoms with Gasteiger partial charge in [0.25, 0.3) is 0 Å². The standard InChI is InChI=1S/C17H20F2N2O3/c1-17(2,3)24-16(22)21-6-4-12(5-7-21)23-15-9-11(18)8-14(19)13(15)10-20/h8-9,12H,4-7H2,1-3H3. The molecular weight excluding hydrogens is 318 g/mol. The van der Waals surface area contributed by atoms with Crippen LogP contribution in [0.4, 0.5) is 13.6 Å². The van der Waals surface area contributed by atoms with Gasteiger partial charge in [-0.1, -0.05) is 0 Å². The number of nitriles is 1. The summed E-state index contributed by atoms with van der Waals surface area (Å²) in [5, 5.41) is 8.98. The van der Waals surface area contributed by atoms with Gasteiger partial charge >= 0.3 is 6.09 Å². The summed E-state index contributed by atoms with van der Waals surface area (Å²) in [6.45, 7) is 6.21. The smallest absolute Gasteiger partial charge is 0.410 e. The first-order valence-electron chi connectivity index (χ1n) is 7.73. The van der Waals surface area contributed by atoms with Crippen molar-refractivity contribution in [2.75, 3.05) is 13.1 Å². The molecule has 1 saturated heterocycles. The lowest BCUT2D eigenvalue weighted by Gasteiger charge is -2.33. The molecule has 1 aromatic rings. The Hall–Kier alpha value is -2.36. The molecule has 0 spiro atoms. The van der Waals surface area contributed by atoms with Crippen molar-refractivity contribution in [3.8, 4) is 11.8 Å². The van der Waals surface area contributed by atoms with Crippen LogP contribution in [0.1, 0.15) is 39.2 Å². The van der Waals surface area contributed by atoms with E-state index < -0.39 is 23.3 Å². The van der Waals surface area contributed by atoms with E-state index in [1.54, 1.807) is 31.7 Å². The average molecular weight is 338 g/mol. The van der Waals surface area contributed by atoms with Crippen LogP contribution in [0.15, 0.2) is 12.1 Å². The molecule has 1 aliphatic heterocycles. The molecule has 1 fully saturated rings. The molecule has 0 radical (unpaired) electrons. The number of piperidine rings is 1. The van der Waals surface area contributed by atoms with E-state index in [-0.39, 0.29) is 17.4 Å². The van der Waals surface area contributed by atoms with Crippen LogP contribution in [-0.4, -0.2) is 35.8 Å². The van der Waals surface area contributed by atoms with E-state index in [2.05, 4.69) is 0 Å². The maximum absolute atomic E-state index is 13.6. The van der Waals surface area contributed by atoms with Gasteiger partial charge in [-0.15, -0.1) is 0 Å². The Kier molecular flexibility index (Phi) is 5.27. The van der Waals surface area contributed by atoms with Crippen molar-refractivity contribution in [2.24, 2.45) is 0 Å². The van der Waals surface area contributed by atoms with E-state index in [9.17, 15) is 13.6 Å². The summed E-state index contributed by atoms with van der Waals surface area (Å²) in [7, 11) is 0. The van der Waals surface area contributed by atoms with Crippen LogP contribution in [0.3, 0.4) is 0 Å². The van der Waals surface area contributed by atoms with Gasteiger partial charge in [0.2, 0.25) is 0 Å². The Morgan fingerprint density at radius 2 is 1.92 bits per heavy atom. The highest BCUT2D eigenvalue weighted by Crippen LogP contribution is 2.26. The van der Waals surface area contributed by atoms with Crippen LogP contribution in [0.5, 0.6) is 5.75 Å². The fourth-order valence-corrected chi connectivity index (χ4v) is 2.41. The molecule has 0 atom stereocenters. The highest BCUT2D eigenvalue weighted by Gasteiger charge is 2.28. The molecular formula is C17H20F2N2O3. The molecule has 0 aromatic heterocycles. The summed E-state index contributed by atoms with van der Waals surface area (Å²) in [4.78, 5) is 13.6. The van der Waals surface area contributed by atoms with Gasteiger partial charge in [-0.2, -0.15) is 5.26 Å². The number of halogens is 2. The molecule has 2 rings (SSSR count). The van der Waals surface area contributed by atoms with Gasteiger partial charge in [0.05, 0.1) is 0 Å². The van der Waals surface area contributed by atoms with Crippen LogP contribution in [0, 0.1) is 23.0 Å². The summed E-state index contributed by atoms with van der Waals surface area (Å²) in [6, 6.07) is 3.33. The van der Waals surface area contributed by atoms with E-state index >= 15 is 0 Å². The summed E-state index contributed by atoms with van der Waals surface area (Å²) >= 11 is 0. The molecule has 1 aliphatic rings. The summed E-state index contributed by atoms with van der Waals surface area (Å²) in [5.41, 5.74) is -0.878. The fraction of sp³-hybridized carbons (Fsp3) is 0.529. The zero-order valence-electron chi connectivity index (χ0n) is 13.9. The van der Waals surface area contributed by atoms with Crippen LogP contribution in [0.2, 0.25) is 0 Å². The second-order valence-electron chi connectivity index (χ2n) is 6.66. The maximum Gasteiger partial charge on any atom is 0.410 e. The van der Waals surface area contributed by atoms with Gasteiger partial charge in [0.1, 0.15) is 40.7 Å². The molecule has 5 nitrogen and oxygen atoms in total. The Bertz CT molecular complexity index is 657. The molecule has 0 aliphatic carbocycles. The summed E-state index contributed by atoms with van der Waals surface area (Å²) in [6.07, 6.45) is 0.261. The molecule has 1 heterocycles. The van der Waals surface area contributed by atoms with Crippen LogP contribution in [0.25, 0.3) is 0 Å². The molecule has 0 bridgehead atoms. The van der Waals surface area contributed by atoms with Crippen molar-refractivity contribution in [3.63, 3.8) is 0 Å². The molecule has 24 heavy (non-hydrogen) atoms. The van der Waals surface area contributed by atoms with Crippen LogP contribution >= 0.6 is 0 Å². The van der Waals surface area contributed by atoms with Crippen LogP contribution in [-0.2, 0) is 4.74 Å². The first-order chi connectivity index (χ1) is 11.2. The Morgan fingerprint density at radius 3 is 2.46 bits per heavy atom. The topological polar surface area (TPSA) is 62.6 Å². The molecule has 130 valence electrons. The van der Waals surface area contributed by atoms with Crippen molar-refractivity contribution in [2.45, 2.75) is 45.3 Å². The van der Waals surface area contributed by atoms with Gasteiger partial charge in [0, 0.05) is 38.1 Å². The number of carbonyl (C=O) groups is 1. The highest BCUT2D eigenvalue weighted by molar-refractivity contribution is 5.68. The first kappa shape index (κ1) is 18.0. The van der Waals surface area contributed by atoms with Crippen molar-refractivity contribution in [1.82, 2.24) is 4.90 Å². The summed E-state index contributed by atoms with van der Waals surface area (Å²) < 4.78 is 37.8. The van der Waals surface area contributed by atoms with Crippen molar-refractivity contribution < 1.29 is 23.0 Å². The Labute approximate surface area is 139 Å². The quantitative estimate of drug-likeness (QED) is 0.826. The fourth-order valence-electron chi connectivity index (χ4n) is 2.41. The monoisotopic (exact) mass is 338 g/mol. The number of hydrogen-bond acceptors (Lipinski definition) is 4. The number of amides is 1. The average Bonchev–Trinajstić information content (AvgIpc) is 2.45. The molecule has 0 saturated carbocycles. The van der Waals surface area contributed by atoms with E-state index in [0.29, 0.717) is 32.0 Å². The number of benzene rings is 1. The SMILES string of the molecule is CC(C)(C)OC(=O)N1CCC(Oc2cc(F)cc(F)c2C#N)CC1. The number of ether oxygens (including phenoxy) is 2. The molecule has 0 N–H and O–H groups in total. The lowest BCUT2D eigenvalue weighted by atomic mass is 10.1. The molecule has 1 amide bonds. The molecule has 7 heteroatoms. The van der Waals surface area contributed by atoms with Crippen LogP contribution < -0.4 is 4.74 Å². The predicted molar refractivity (Wildman–Crippen MR) is 82.5 cm³/mol. The normalized spacial score (nSPS) is 15.8.